The molecule has 0 aromatic carbocycles. The average molecular weight is 184 g/mol. The van der Waals surface area contributed by atoms with Gasteiger partial charge in [-0.05, 0) is 30.6 Å². The van der Waals surface area contributed by atoms with Crippen molar-refractivity contribution in [2.24, 2.45) is 17.8 Å². The lowest BCUT2D eigenvalue weighted by atomic mass is 9.76. The van der Waals surface area contributed by atoms with Gasteiger partial charge in [-0.1, -0.05) is 40.0 Å². The van der Waals surface area contributed by atoms with Gasteiger partial charge < -0.3 is 5.11 Å². The molecule has 0 heterocycles. The molecule has 0 spiro atoms. The van der Waals surface area contributed by atoms with Crippen LogP contribution in [0.5, 0.6) is 0 Å². The maximum absolute atomic E-state index is 10.1. The standard InChI is InChI=1S/C12H24O/c1-4-10(3)12(13)11-7-5-6-9(2)8-11/h9-13H,4-8H2,1-3H3. The topological polar surface area (TPSA) is 20.2 Å². The molecule has 1 aliphatic rings. The smallest absolute Gasteiger partial charge is 0.0593 e. The van der Waals surface area contributed by atoms with Gasteiger partial charge in [0.05, 0.1) is 6.10 Å². The maximum atomic E-state index is 10.1. The molecule has 1 rings (SSSR count). The summed E-state index contributed by atoms with van der Waals surface area (Å²) < 4.78 is 0. The number of aliphatic hydroxyl groups excluding tert-OH is 1. The highest BCUT2D eigenvalue weighted by Gasteiger charge is 2.27. The molecule has 1 N–H and O–H groups in total. The van der Waals surface area contributed by atoms with Crippen LogP contribution >= 0.6 is 0 Å². The van der Waals surface area contributed by atoms with Gasteiger partial charge >= 0.3 is 0 Å². The number of aliphatic hydroxyl groups is 1. The minimum Gasteiger partial charge on any atom is -0.393 e. The van der Waals surface area contributed by atoms with Gasteiger partial charge in [-0.3, -0.25) is 0 Å². The average Bonchev–Trinajstić information content (AvgIpc) is 2.15. The lowest BCUT2D eigenvalue weighted by Gasteiger charge is -2.33. The van der Waals surface area contributed by atoms with E-state index in [2.05, 4.69) is 20.8 Å². The summed E-state index contributed by atoms with van der Waals surface area (Å²) in [6.45, 7) is 6.65. The molecular weight excluding hydrogens is 160 g/mol. The molecule has 4 atom stereocenters. The third kappa shape index (κ3) is 2.98. The Hall–Kier alpha value is -0.0400. The number of hydrogen-bond acceptors (Lipinski definition) is 1. The van der Waals surface area contributed by atoms with Crippen molar-refractivity contribution < 1.29 is 5.11 Å². The summed E-state index contributed by atoms with van der Waals surface area (Å²) in [5.74, 6) is 1.89. The third-order valence-electron chi connectivity index (χ3n) is 3.69. The monoisotopic (exact) mass is 184 g/mol. The van der Waals surface area contributed by atoms with E-state index in [1.807, 2.05) is 0 Å². The number of rotatable bonds is 3. The summed E-state index contributed by atoms with van der Waals surface area (Å²) >= 11 is 0. The summed E-state index contributed by atoms with van der Waals surface area (Å²) in [6.07, 6.45) is 6.23. The van der Waals surface area contributed by atoms with Crippen LogP contribution in [0.2, 0.25) is 0 Å². The van der Waals surface area contributed by atoms with E-state index in [9.17, 15) is 5.11 Å². The molecule has 78 valence electrons. The van der Waals surface area contributed by atoms with E-state index in [4.69, 9.17) is 0 Å². The fourth-order valence-corrected chi connectivity index (χ4v) is 2.50. The van der Waals surface area contributed by atoms with Gasteiger partial charge in [0.25, 0.3) is 0 Å². The summed E-state index contributed by atoms with van der Waals surface area (Å²) in [5.41, 5.74) is 0. The largest absolute Gasteiger partial charge is 0.393 e. The van der Waals surface area contributed by atoms with Crippen molar-refractivity contribution in [3.63, 3.8) is 0 Å². The SMILES string of the molecule is CCC(C)C(O)C1CCCC(C)C1. The predicted molar refractivity (Wildman–Crippen MR) is 56.6 cm³/mol. The molecule has 0 aromatic rings. The summed E-state index contributed by atoms with van der Waals surface area (Å²) in [4.78, 5) is 0. The van der Waals surface area contributed by atoms with E-state index in [0.717, 1.165) is 12.3 Å². The summed E-state index contributed by atoms with van der Waals surface area (Å²) in [7, 11) is 0. The fraction of sp³-hybridized carbons (Fsp3) is 1.00. The Bertz CT molecular complexity index is 144. The molecule has 4 unspecified atom stereocenters. The van der Waals surface area contributed by atoms with E-state index >= 15 is 0 Å². The molecule has 1 saturated carbocycles. The molecule has 0 bridgehead atoms. The second kappa shape index (κ2) is 4.99. The first kappa shape index (κ1) is 11.0. The first-order valence-electron chi connectivity index (χ1n) is 5.83. The molecule has 1 fully saturated rings. The van der Waals surface area contributed by atoms with Crippen molar-refractivity contribution in [2.75, 3.05) is 0 Å². The highest BCUT2D eigenvalue weighted by Crippen LogP contribution is 2.33. The van der Waals surface area contributed by atoms with Crippen LogP contribution in [0.15, 0.2) is 0 Å². The van der Waals surface area contributed by atoms with Crippen LogP contribution in [0.4, 0.5) is 0 Å². The minimum atomic E-state index is -0.0484. The zero-order valence-corrected chi connectivity index (χ0v) is 9.29. The highest BCUT2D eigenvalue weighted by molar-refractivity contribution is 4.78. The molecule has 0 amide bonds. The van der Waals surface area contributed by atoms with Gasteiger partial charge in [0, 0.05) is 0 Å². The van der Waals surface area contributed by atoms with E-state index in [-0.39, 0.29) is 6.10 Å². The first-order valence-corrected chi connectivity index (χ1v) is 5.83. The zero-order valence-electron chi connectivity index (χ0n) is 9.29. The first-order chi connectivity index (χ1) is 6.15. The zero-order chi connectivity index (χ0) is 9.84. The van der Waals surface area contributed by atoms with Crippen LogP contribution in [-0.4, -0.2) is 11.2 Å². The van der Waals surface area contributed by atoms with E-state index in [0.29, 0.717) is 11.8 Å². The van der Waals surface area contributed by atoms with Crippen molar-refractivity contribution in [3.8, 4) is 0 Å². The van der Waals surface area contributed by atoms with Crippen molar-refractivity contribution >= 4 is 0 Å². The van der Waals surface area contributed by atoms with Crippen LogP contribution in [-0.2, 0) is 0 Å². The Morgan fingerprint density at radius 2 is 2.08 bits per heavy atom. The molecular formula is C12H24O. The second-order valence-electron chi connectivity index (χ2n) is 4.91. The second-order valence-corrected chi connectivity index (χ2v) is 4.91. The Kier molecular flexibility index (Phi) is 4.24. The lowest BCUT2D eigenvalue weighted by molar-refractivity contribution is 0.0289. The number of hydrogen-bond donors (Lipinski definition) is 1. The van der Waals surface area contributed by atoms with Crippen molar-refractivity contribution in [1.82, 2.24) is 0 Å². The molecule has 0 aromatic heterocycles. The molecule has 0 saturated heterocycles. The normalized spacial score (nSPS) is 34.2. The predicted octanol–water partition coefficient (Wildman–Crippen LogP) is 3.22. The molecule has 13 heavy (non-hydrogen) atoms. The van der Waals surface area contributed by atoms with Crippen molar-refractivity contribution in [3.05, 3.63) is 0 Å². The molecule has 0 aliphatic heterocycles. The quantitative estimate of drug-likeness (QED) is 0.714. The van der Waals surface area contributed by atoms with Crippen LogP contribution in [0.3, 0.4) is 0 Å². The molecule has 0 radical (unpaired) electrons. The molecule has 1 aliphatic carbocycles. The Morgan fingerprint density at radius 3 is 2.62 bits per heavy atom. The Balaban J connectivity index is 2.41. The lowest BCUT2D eigenvalue weighted by Crippen LogP contribution is -2.30. The Morgan fingerprint density at radius 1 is 1.38 bits per heavy atom. The van der Waals surface area contributed by atoms with Gasteiger partial charge in [0.2, 0.25) is 0 Å². The maximum Gasteiger partial charge on any atom is 0.0593 e. The van der Waals surface area contributed by atoms with E-state index in [1.165, 1.54) is 25.7 Å². The van der Waals surface area contributed by atoms with Gasteiger partial charge in [-0.25, -0.2) is 0 Å². The van der Waals surface area contributed by atoms with Crippen LogP contribution in [0.25, 0.3) is 0 Å². The highest BCUT2D eigenvalue weighted by atomic mass is 16.3. The summed E-state index contributed by atoms with van der Waals surface area (Å²) in [5, 5.41) is 10.1. The van der Waals surface area contributed by atoms with Crippen LogP contribution in [0, 0.1) is 17.8 Å². The third-order valence-corrected chi connectivity index (χ3v) is 3.69. The van der Waals surface area contributed by atoms with E-state index in [1.54, 1.807) is 0 Å². The van der Waals surface area contributed by atoms with Crippen LogP contribution < -0.4 is 0 Å². The van der Waals surface area contributed by atoms with Gasteiger partial charge in [-0.15, -0.1) is 0 Å². The summed E-state index contributed by atoms with van der Waals surface area (Å²) in [6, 6.07) is 0. The van der Waals surface area contributed by atoms with Gasteiger partial charge in [0.15, 0.2) is 0 Å². The van der Waals surface area contributed by atoms with Gasteiger partial charge in [-0.2, -0.15) is 0 Å². The van der Waals surface area contributed by atoms with Gasteiger partial charge in [0.1, 0.15) is 0 Å². The van der Waals surface area contributed by atoms with Crippen molar-refractivity contribution in [2.45, 2.75) is 59.0 Å². The Labute approximate surface area is 82.5 Å². The molecule has 1 nitrogen and oxygen atoms in total. The van der Waals surface area contributed by atoms with Crippen molar-refractivity contribution in [1.29, 1.82) is 0 Å². The van der Waals surface area contributed by atoms with E-state index < -0.39 is 0 Å². The molecule has 1 heteroatoms. The fourth-order valence-electron chi connectivity index (χ4n) is 2.50. The van der Waals surface area contributed by atoms with Crippen LogP contribution in [0.1, 0.15) is 52.9 Å². The minimum absolute atomic E-state index is 0.0484.